The van der Waals surface area contributed by atoms with E-state index >= 15 is 0 Å². The molecule has 118 valence electrons. The van der Waals surface area contributed by atoms with Gasteiger partial charge in [0, 0.05) is 6.61 Å². The van der Waals surface area contributed by atoms with Gasteiger partial charge in [-0.1, -0.05) is 13.0 Å². The maximum absolute atomic E-state index is 6.05. The van der Waals surface area contributed by atoms with Gasteiger partial charge in [0.2, 0.25) is 0 Å². The Morgan fingerprint density at radius 1 is 1.29 bits per heavy atom. The summed E-state index contributed by atoms with van der Waals surface area (Å²) in [6.45, 7) is 6.19. The van der Waals surface area contributed by atoms with Crippen LogP contribution >= 0.6 is 0 Å². The van der Waals surface area contributed by atoms with Gasteiger partial charge in [-0.15, -0.1) is 0 Å². The molecule has 0 radical (unpaired) electrons. The molecular weight excluding hydrogens is 266 g/mol. The Kier molecular flexibility index (Phi) is 5.48. The van der Waals surface area contributed by atoms with E-state index in [9.17, 15) is 0 Å². The summed E-state index contributed by atoms with van der Waals surface area (Å²) in [6, 6.07) is 6.29. The van der Waals surface area contributed by atoms with E-state index in [1.165, 1.54) is 5.56 Å². The molecule has 0 amide bonds. The minimum absolute atomic E-state index is 0.158. The van der Waals surface area contributed by atoms with Crippen LogP contribution in [0.2, 0.25) is 0 Å². The van der Waals surface area contributed by atoms with Gasteiger partial charge in [0.25, 0.3) is 0 Å². The maximum atomic E-state index is 6.05. The van der Waals surface area contributed by atoms with E-state index in [1.807, 2.05) is 6.07 Å². The molecular formula is C17H27NO3. The lowest BCUT2D eigenvalue weighted by molar-refractivity contribution is -0.0125. The molecule has 2 unspecified atom stereocenters. The van der Waals surface area contributed by atoms with Crippen molar-refractivity contribution in [2.24, 2.45) is 0 Å². The molecule has 0 bridgehead atoms. The van der Waals surface area contributed by atoms with Gasteiger partial charge < -0.3 is 19.5 Å². The number of rotatable bonds is 7. The highest BCUT2D eigenvalue weighted by molar-refractivity contribution is 5.44. The SMILES string of the molecule is CCCNC(c1ccc(OC)c(OC)c1)C1(C)CCCO1. The Morgan fingerprint density at radius 2 is 2.05 bits per heavy atom. The van der Waals surface area contributed by atoms with Crippen molar-refractivity contribution in [3.63, 3.8) is 0 Å². The van der Waals surface area contributed by atoms with Gasteiger partial charge in [0.15, 0.2) is 11.5 Å². The first kappa shape index (κ1) is 16.1. The highest BCUT2D eigenvalue weighted by atomic mass is 16.5. The molecule has 1 N–H and O–H groups in total. The molecule has 1 saturated heterocycles. The normalized spacial score (nSPS) is 23.0. The first-order chi connectivity index (χ1) is 10.1. The Morgan fingerprint density at radius 3 is 2.62 bits per heavy atom. The molecule has 0 aromatic heterocycles. The maximum Gasteiger partial charge on any atom is 0.161 e. The zero-order valence-electron chi connectivity index (χ0n) is 13.6. The second kappa shape index (κ2) is 7.14. The second-order valence-corrected chi connectivity index (χ2v) is 5.77. The van der Waals surface area contributed by atoms with E-state index in [0.29, 0.717) is 0 Å². The Hall–Kier alpha value is -1.26. The fourth-order valence-electron chi connectivity index (χ4n) is 3.04. The average Bonchev–Trinajstić information content (AvgIpc) is 2.95. The van der Waals surface area contributed by atoms with E-state index in [1.54, 1.807) is 14.2 Å². The van der Waals surface area contributed by atoms with E-state index in [4.69, 9.17) is 14.2 Å². The Bertz CT molecular complexity index is 455. The van der Waals surface area contributed by atoms with Crippen LogP contribution in [-0.4, -0.2) is 33.0 Å². The molecule has 1 fully saturated rings. The predicted molar refractivity (Wildman–Crippen MR) is 84.2 cm³/mol. The van der Waals surface area contributed by atoms with Gasteiger partial charge in [-0.05, 0) is 50.4 Å². The number of ether oxygens (including phenoxy) is 3. The van der Waals surface area contributed by atoms with Crippen LogP contribution in [0.4, 0.5) is 0 Å². The van der Waals surface area contributed by atoms with Crippen LogP contribution in [0.15, 0.2) is 18.2 Å². The molecule has 21 heavy (non-hydrogen) atoms. The number of methoxy groups -OCH3 is 2. The standard InChI is InChI=1S/C17H27NO3/c1-5-10-18-16(17(2)9-6-11-21-17)13-7-8-14(19-3)15(12-13)20-4/h7-8,12,16,18H,5-6,9-11H2,1-4H3. The monoisotopic (exact) mass is 293 g/mol. The molecule has 1 aromatic carbocycles. The van der Waals surface area contributed by atoms with Crippen molar-refractivity contribution >= 4 is 0 Å². The van der Waals surface area contributed by atoms with Crippen LogP contribution in [0.5, 0.6) is 11.5 Å². The summed E-state index contributed by atoms with van der Waals surface area (Å²) >= 11 is 0. The first-order valence-electron chi connectivity index (χ1n) is 7.74. The number of hydrogen-bond acceptors (Lipinski definition) is 4. The zero-order chi connectivity index (χ0) is 15.3. The molecule has 4 heteroatoms. The number of nitrogens with one attached hydrogen (secondary N) is 1. The van der Waals surface area contributed by atoms with Gasteiger partial charge in [0.1, 0.15) is 0 Å². The molecule has 1 aliphatic rings. The van der Waals surface area contributed by atoms with Crippen LogP contribution < -0.4 is 14.8 Å². The molecule has 4 nitrogen and oxygen atoms in total. The molecule has 1 heterocycles. The Balaban J connectivity index is 2.31. The van der Waals surface area contributed by atoms with Crippen LogP contribution in [0.25, 0.3) is 0 Å². The summed E-state index contributed by atoms with van der Waals surface area (Å²) < 4.78 is 16.8. The molecule has 0 spiro atoms. The van der Waals surface area contributed by atoms with Crippen LogP contribution in [-0.2, 0) is 4.74 Å². The van der Waals surface area contributed by atoms with Crippen molar-refractivity contribution in [1.82, 2.24) is 5.32 Å². The fourth-order valence-corrected chi connectivity index (χ4v) is 3.04. The van der Waals surface area contributed by atoms with Crippen molar-refractivity contribution in [3.8, 4) is 11.5 Å². The lowest BCUT2D eigenvalue weighted by atomic mass is 9.87. The van der Waals surface area contributed by atoms with E-state index in [-0.39, 0.29) is 11.6 Å². The minimum Gasteiger partial charge on any atom is -0.493 e. The van der Waals surface area contributed by atoms with E-state index in [0.717, 1.165) is 43.9 Å². The molecule has 0 saturated carbocycles. The van der Waals surface area contributed by atoms with Crippen molar-refractivity contribution in [2.45, 2.75) is 44.8 Å². The van der Waals surface area contributed by atoms with Crippen LogP contribution in [0.3, 0.4) is 0 Å². The average molecular weight is 293 g/mol. The summed E-state index contributed by atoms with van der Waals surface area (Å²) in [6.07, 6.45) is 3.29. The summed E-state index contributed by atoms with van der Waals surface area (Å²) in [5.41, 5.74) is 1.03. The van der Waals surface area contributed by atoms with Crippen molar-refractivity contribution in [2.75, 3.05) is 27.4 Å². The first-order valence-corrected chi connectivity index (χ1v) is 7.74. The predicted octanol–water partition coefficient (Wildman–Crippen LogP) is 3.31. The summed E-state index contributed by atoms with van der Waals surface area (Å²) in [7, 11) is 3.33. The number of hydrogen-bond donors (Lipinski definition) is 1. The largest absolute Gasteiger partial charge is 0.493 e. The lowest BCUT2D eigenvalue weighted by Gasteiger charge is -2.35. The summed E-state index contributed by atoms with van der Waals surface area (Å²) in [4.78, 5) is 0. The van der Waals surface area contributed by atoms with E-state index in [2.05, 4.69) is 31.3 Å². The highest BCUT2D eigenvalue weighted by Gasteiger charge is 2.39. The minimum atomic E-state index is -0.158. The molecule has 2 atom stereocenters. The Labute approximate surface area is 127 Å². The molecule has 1 aliphatic heterocycles. The van der Waals surface area contributed by atoms with Gasteiger partial charge >= 0.3 is 0 Å². The van der Waals surface area contributed by atoms with Crippen LogP contribution in [0.1, 0.15) is 44.7 Å². The second-order valence-electron chi connectivity index (χ2n) is 5.77. The fraction of sp³-hybridized carbons (Fsp3) is 0.647. The summed E-state index contributed by atoms with van der Waals surface area (Å²) in [5.74, 6) is 1.52. The third-order valence-electron chi connectivity index (χ3n) is 4.20. The molecule has 2 rings (SSSR count). The topological polar surface area (TPSA) is 39.7 Å². The van der Waals surface area contributed by atoms with Crippen molar-refractivity contribution in [1.29, 1.82) is 0 Å². The van der Waals surface area contributed by atoms with Crippen LogP contribution in [0, 0.1) is 0 Å². The van der Waals surface area contributed by atoms with Gasteiger partial charge in [-0.3, -0.25) is 0 Å². The smallest absolute Gasteiger partial charge is 0.161 e. The lowest BCUT2D eigenvalue weighted by Crippen LogP contribution is -2.41. The molecule has 0 aliphatic carbocycles. The van der Waals surface area contributed by atoms with E-state index < -0.39 is 0 Å². The third kappa shape index (κ3) is 3.50. The zero-order valence-corrected chi connectivity index (χ0v) is 13.6. The summed E-state index contributed by atoms with van der Waals surface area (Å²) in [5, 5.41) is 3.64. The van der Waals surface area contributed by atoms with Gasteiger partial charge in [0.05, 0.1) is 25.9 Å². The van der Waals surface area contributed by atoms with Gasteiger partial charge in [-0.2, -0.15) is 0 Å². The highest BCUT2D eigenvalue weighted by Crippen LogP contribution is 2.40. The van der Waals surface area contributed by atoms with Crippen molar-refractivity contribution in [3.05, 3.63) is 23.8 Å². The van der Waals surface area contributed by atoms with Gasteiger partial charge in [-0.25, -0.2) is 0 Å². The quantitative estimate of drug-likeness (QED) is 0.837. The third-order valence-corrected chi connectivity index (χ3v) is 4.20. The number of benzene rings is 1. The molecule has 1 aromatic rings. The van der Waals surface area contributed by atoms with Crippen molar-refractivity contribution < 1.29 is 14.2 Å².